The van der Waals surface area contributed by atoms with Crippen LogP contribution in [-0.4, -0.2) is 27.4 Å². The zero-order chi connectivity index (χ0) is 11.7. The van der Waals surface area contributed by atoms with Gasteiger partial charge in [-0.05, 0) is 25.7 Å². The highest BCUT2D eigenvalue weighted by Gasteiger charge is 2.25. The van der Waals surface area contributed by atoms with E-state index in [2.05, 4.69) is 10.3 Å². The molecule has 6 nitrogen and oxygen atoms in total. The molecule has 1 aromatic rings. The number of nitrogens with zero attached hydrogens (tertiary/aromatic N) is 3. The van der Waals surface area contributed by atoms with E-state index in [4.69, 9.17) is 15.7 Å². The second-order valence-electron chi connectivity index (χ2n) is 4.13. The molecular formula is C10H16N4O2. The summed E-state index contributed by atoms with van der Waals surface area (Å²) in [5.41, 5.74) is 6.87. The summed E-state index contributed by atoms with van der Waals surface area (Å²) in [4.78, 5) is 0. The number of hydrogen-bond acceptors (Lipinski definition) is 4. The molecule has 1 aliphatic carbocycles. The molecule has 16 heavy (non-hydrogen) atoms. The quantitative estimate of drug-likeness (QED) is 0.339. The lowest BCUT2D eigenvalue weighted by atomic mass is 10.2. The van der Waals surface area contributed by atoms with Crippen LogP contribution >= 0.6 is 0 Å². The minimum absolute atomic E-state index is 0.0383. The first-order chi connectivity index (χ1) is 7.63. The van der Waals surface area contributed by atoms with Crippen LogP contribution < -0.4 is 10.5 Å². The SMILES string of the molecule is Cc1nn(C)c(OCC2CC2)c1C(N)=NO. The number of aromatic nitrogens is 2. The van der Waals surface area contributed by atoms with Crippen molar-refractivity contribution in [2.45, 2.75) is 19.8 Å². The van der Waals surface area contributed by atoms with Crippen molar-refractivity contribution < 1.29 is 9.94 Å². The van der Waals surface area contributed by atoms with Crippen molar-refractivity contribution in [3.8, 4) is 5.88 Å². The lowest BCUT2D eigenvalue weighted by Gasteiger charge is -2.07. The highest BCUT2D eigenvalue weighted by molar-refractivity contribution is 6.00. The van der Waals surface area contributed by atoms with Crippen molar-refractivity contribution in [1.82, 2.24) is 9.78 Å². The Bertz CT molecular complexity index is 421. The highest BCUT2D eigenvalue weighted by Crippen LogP contribution is 2.30. The van der Waals surface area contributed by atoms with E-state index in [1.54, 1.807) is 18.7 Å². The van der Waals surface area contributed by atoms with Crippen LogP contribution in [0.2, 0.25) is 0 Å². The standard InChI is InChI=1S/C10H16N4O2/c1-6-8(9(11)13-15)10(14(2)12-6)16-5-7-3-4-7/h7,15H,3-5H2,1-2H3,(H2,11,13). The summed E-state index contributed by atoms with van der Waals surface area (Å²) >= 11 is 0. The van der Waals surface area contributed by atoms with Gasteiger partial charge in [0.25, 0.3) is 0 Å². The molecule has 2 rings (SSSR count). The number of hydrogen-bond donors (Lipinski definition) is 2. The monoisotopic (exact) mass is 224 g/mol. The van der Waals surface area contributed by atoms with Gasteiger partial charge in [0.2, 0.25) is 5.88 Å². The predicted octanol–water partition coefficient (Wildman–Crippen LogP) is 0.612. The van der Waals surface area contributed by atoms with Gasteiger partial charge in [0, 0.05) is 7.05 Å². The Morgan fingerprint density at radius 2 is 2.38 bits per heavy atom. The minimum Gasteiger partial charge on any atom is -0.477 e. The molecule has 0 aromatic carbocycles. The van der Waals surface area contributed by atoms with Gasteiger partial charge in [-0.15, -0.1) is 0 Å². The average Bonchev–Trinajstić information content (AvgIpc) is 3.02. The summed E-state index contributed by atoms with van der Waals surface area (Å²) in [6, 6.07) is 0. The Morgan fingerprint density at radius 3 is 2.94 bits per heavy atom. The summed E-state index contributed by atoms with van der Waals surface area (Å²) in [5, 5.41) is 15.9. The molecule has 0 aliphatic heterocycles. The fourth-order valence-electron chi connectivity index (χ4n) is 1.63. The van der Waals surface area contributed by atoms with Gasteiger partial charge in [0.1, 0.15) is 5.56 Å². The third-order valence-corrected chi connectivity index (χ3v) is 2.69. The van der Waals surface area contributed by atoms with Crippen LogP contribution in [0, 0.1) is 12.8 Å². The van der Waals surface area contributed by atoms with Gasteiger partial charge in [-0.1, -0.05) is 5.16 Å². The molecule has 0 radical (unpaired) electrons. The Labute approximate surface area is 93.7 Å². The maximum absolute atomic E-state index is 8.71. The van der Waals surface area contributed by atoms with E-state index in [9.17, 15) is 0 Å². The van der Waals surface area contributed by atoms with Crippen molar-refractivity contribution in [2.75, 3.05) is 6.61 Å². The number of ether oxygens (including phenoxy) is 1. The van der Waals surface area contributed by atoms with E-state index in [1.807, 2.05) is 0 Å². The topological polar surface area (TPSA) is 85.7 Å². The maximum atomic E-state index is 8.71. The molecule has 1 aliphatic rings. The van der Waals surface area contributed by atoms with E-state index in [0.29, 0.717) is 29.7 Å². The molecule has 0 atom stereocenters. The molecule has 0 bridgehead atoms. The zero-order valence-electron chi connectivity index (χ0n) is 9.47. The van der Waals surface area contributed by atoms with Gasteiger partial charge in [-0.2, -0.15) is 5.10 Å². The predicted molar refractivity (Wildman–Crippen MR) is 58.7 cm³/mol. The summed E-state index contributed by atoms with van der Waals surface area (Å²) in [6.07, 6.45) is 2.44. The molecule has 1 saturated carbocycles. The Morgan fingerprint density at radius 1 is 1.69 bits per heavy atom. The third kappa shape index (κ3) is 1.95. The van der Waals surface area contributed by atoms with Gasteiger partial charge < -0.3 is 15.7 Å². The largest absolute Gasteiger partial charge is 0.477 e. The second kappa shape index (κ2) is 4.03. The van der Waals surface area contributed by atoms with E-state index < -0.39 is 0 Å². The number of rotatable bonds is 4. The molecule has 6 heteroatoms. The lowest BCUT2D eigenvalue weighted by Crippen LogP contribution is -2.16. The van der Waals surface area contributed by atoms with E-state index >= 15 is 0 Å². The Hall–Kier alpha value is -1.72. The van der Waals surface area contributed by atoms with Gasteiger partial charge >= 0.3 is 0 Å². The number of nitrogens with two attached hydrogens (primary N) is 1. The van der Waals surface area contributed by atoms with Gasteiger partial charge in [-0.3, -0.25) is 0 Å². The summed E-state index contributed by atoms with van der Waals surface area (Å²) in [7, 11) is 1.78. The minimum atomic E-state index is 0.0383. The van der Waals surface area contributed by atoms with Crippen molar-refractivity contribution in [2.24, 2.45) is 23.9 Å². The Kier molecular flexibility index (Phi) is 2.72. The van der Waals surface area contributed by atoms with E-state index in [-0.39, 0.29) is 5.84 Å². The maximum Gasteiger partial charge on any atom is 0.223 e. The van der Waals surface area contributed by atoms with Crippen molar-refractivity contribution in [3.63, 3.8) is 0 Å². The molecule has 0 amide bonds. The van der Waals surface area contributed by atoms with Gasteiger partial charge in [0.05, 0.1) is 12.3 Å². The van der Waals surface area contributed by atoms with Crippen LogP contribution in [0.1, 0.15) is 24.1 Å². The number of amidine groups is 1. The molecule has 0 saturated heterocycles. The molecular weight excluding hydrogens is 208 g/mol. The molecule has 3 N–H and O–H groups in total. The van der Waals surface area contributed by atoms with Crippen LogP contribution in [-0.2, 0) is 7.05 Å². The third-order valence-electron chi connectivity index (χ3n) is 2.69. The summed E-state index contributed by atoms with van der Waals surface area (Å²) < 4.78 is 7.28. The number of oxime groups is 1. The van der Waals surface area contributed by atoms with Crippen LogP contribution in [0.3, 0.4) is 0 Å². The molecule has 88 valence electrons. The highest BCUT2D eigenvalue weighted by atomic mass is 16.5. The van der Waals surface area contributed by atoms with Crippen LogP contribution in [0.25, 0.3) is 0 Å². The first kappa shape index (κ1) is 10.8. The number of aryl methyl sites for hydroxylation is 2. The van der Waals surface area contributed by atoms with Crippen LogP contribution in [0.4, 0.5) is 0 Å². The zero-order valence-corrected chi connectivity index (χ0v) is 9.47. The van der Waals surface area contributed by atoms with Crippen molar-refractivity contribution in [3.05, 3.63) is 11.3 Å². The average molecular weight is 224 g/mol. The second-order valence-corrected chi connectivity index (χ2v) is 4.13. The summed E-state index contributed by atoms with van der Waals surface area (Å²) in [5.74, 6) is 1.26. The van der Waals surface area contributed by atoms with Gasteiger partial charge in [0.15, 0.2) is 5.84 Å². The molecule has 0 spiro atoms. The lowest BCUT2D eigenvalue weighted by molar-refractivity contribution is 0.273. The Balaban J connectivity index is 2.25. The van der Waals surface area contributed by atoms with Crippen LogP contribution in [0.5, 0.6) is 5.88 Å². The fraction of sp³-hybridized carbons (Fsp3) is 0.600. The van der Waals surface area contributed by atoms with Crippen LogP contribution in [0.15, 0.2) is 5.16 Å². The smallest absolute Gasteiger partial charge is 0.223 e. The fourth-order valence-corrected chi connectivity index (χ4v) is 1.63. The molecule has 0 unspecified atom stereocenters. The summed E-state index contributed by atoms with van der Waals surface area (Å²) in [6.45, 7) is 2.47. The van der Waals surface area contributed by atoms with E-state index in [1.165, 1.54) is 12.8 Å². The molecule has 1 fully saturated rings. The first-order valence-electron chi connectivity index (χ1n) is 5.27. The molecule has 1 heterocycles. The first-order valence-corrected chi connectivity index (χ1v) is 5.27. The molecule has 1 aromatic heterocycles. The normalized spacial score (nSPS) is 16.5. The van der Waals surface area contributed by atoms with E-state index in [0.717, 1.165) is 0 Å². The van der Waals surface area contributed by atoms with Crippen molar-refractivity contribution in [1.29, 1.82) is 0 Å². The van der Waals surface area contributed by atoms with Gasteiger partial charge in [-0.25, -0.2) is 4.68 Å². The van der Waals surface area contributed by atoms with Crippen molar-refractivity contribution >= 4 is 5.84 Å².